The van der Waals surface area contributed by atoms with Crippen LogP contribution in [0, 0.1) is 0 Å². The maximum Gasteiger partial charge on any atom is 0.469 e. The highest BCUT2D eigenvalue weighted by atomic mass is 31.2. The fourth-order valence-corrected chi connectivity index (χ4v) is 1.27. The molecule has 0 rings (SSSR count). The zero-order chi connectivity index (χ0) is 11.9. The van der Waals surface area contributed by atoms with Gasteiger partial charge in [-0.05, 0) is 6.42 Å². The van der Waals surface area contributed by atoms with Crippen molar-refractivity contribution in [2.45, 2.75) is 32.2 Å². The van der Waals surface area contributed by atoms with E-state index >= 15 is 0 Å². The minimum Gasteiger partial charge on any atom is -0.325 e. The van der Waals surface area contributed by atoms with Crippen LogP contribution in [0.4, 0.5) is 4.39 Å². The van der Waals surface area contributed by atoms with E-state index in [9.17, 15) is 8.96 Å². The van der Waals surface area contributed by atoms with E-state index in [2.05, 4.69) is 4.52 Å². The van der Waals surface area contributed by atoms with Crippen molar-refractivity contribution >= 4 is 7.82 Å². The van der Waals surface area contributed by atoms with Crippen molar-refractivity contribution < 1.29 is 23.3 Å². The Morgan fingerprint density at radius 2 is 2.27 bits per heavy atom. The first kappa shape index (κ1) is 14.7. The lowest BCUT2D eigenvalue weighted by molar-refractivity contribution is 0.184. The summed E-state index contributed by atoms with van der Waals surface area (Å²) in [7, 11) is -4.51. The van der Waals surface area contributed by atoms with Crippen LogP contribution in [0.5, 0.6) is 0 Å². The van der Waals surface area contributed by atoms with Crippen molar-refractivity contribution in [2.75, 3.05) is 6.61 Å². The molecule has 5 nitrogen and oxygen atoms in total. The molecular weight excluding hydrogens is 224 g/mol. The third-order valence-electron chi connectivity index (χ3n) is 1.57. The fourth-order valence-electron chi connectivity index (χ4n) is 0.887. The van der Waals surface area contributed by atoms with Crippen LogP contribution in [0.3, 0.4) is 0 Å². The third kappa shape index (κ3) is 10.0. The Balaban J connectivity index is 3.83. The summed E-state index contributed by atoms with van der Waals surface area (Å²) in [6, 6.07) is -0.745. The van der Waals surface area contributed by atoms with Gasteiger partial charge in [0.2, 0.25) is 0 Å². The van der Waals surface area contributed by atoms with E-state index < -0.39 is 13.9 Å². The third-order valence-corrected chi connectivity index (χ3v) is 2.05. The summed E-state index contributed by atoms with van der Waals surface area (Å²) in [5.74, 6) is -0.376. The number of rotatable bonds is 7. The Kier molecular flexibility index (Phi) is 6.96. The first-order chi connectivity index (χ1) is 6.85. The summed E-state index contributed by atoms with van der Waals surface area (Å²) in [6.45, 7) is 1.55. The highest BCUT2D eigenvalue weighted by Gasteiger charge is 2.16. The van der Waals surface area contributed by atoms with Crippen LogP contribution in [0.25, 0.3) is 0 Å². The van der Waals surface area contributed by atoms with E-state index in [1.807, 2.05) is 6.92 Å². The second kappa shape index (κ2) is 7.09. The molecule has 0 aromatic carbocycles. The minimum atomic E-state index is -4.51. The number of phosphoric ester groups is 1. The second-order valence-electron chi connectivity index (χ2n) is 3.19. The van der Waals surface area contributed by atoms with Crippen molar-refractivity contribution in [3.63, 3.8) is 0 Å². The molecule has 0 amide bonds. The number of phosphoric acid groups is 1. The Morgan fingerprint density at radius 1 is 1.67 bits per heavy atom. The van der Waals surface area contributed by atoms with Gasteiger partial charge in [-0.3, -0.25) is 4.52 Å². The molecule has 0 spiro atoms. The molecular formula is C8H17FNO4P. The van der Waals surface area contributed by atoms with E-state index in [-0.39, 0.29) is 18.9 Å². The van der Waals surface area contributed by atoms with Crippen LogP contribution >= 0.6 is 7.82 Å². The van der Waals surface area contributed by atoms with Crippen LogP contribution in [-0.2, 0) is 9.09 Å². The molecule has 0 aliphatic carbocycles. The molecule has 1 unspecified atom stereocenters. The Morgan fingerprint density at radius 3 is 2.73 bits per heavy atom. The number of allylic oxidation sites excluding steroid dienone is 1. The molecule has 0 aliphatic rings. The van der Waals surface area contributed by atoms with Crippen LogP contribution in [-0.4, -0.2) is 22.4 Å². The quantitative estimate of drug-likeness (QED) is 0.587. The van der Waals surface area contributed by atoms with Crippen LogP contribution < -0.4 is 5.73 Å². The summed E-state index contributed by atoms with van der Waals surface area (Å²) in [4.78, 5) is 16.7. The molecule has 0 aliphatic heterocycles. The van der Waals surface area contributed by atoms with E-state index in [4.69, 9.17) is 15.5 Å². The van der Waals surface area contributed by atoms with Gasteiger partial charge in [0, 0.05) is 12.5 Å². The maximum atomic E-state index is 13.0. The summed E-state index contributed by atoms with van der Waals surface area (Å²) < 4.78 is 27.4. The van der Waals surface area contributed by atoms with Gasteiger partial charge in [-0.15, -0.1) is 0 Å². The molecule has 0 saturated heterocycles. The number of halogens is 1. The van der Waals surface area contributed by atoms with Gasteiger partial charge in [-0.25, -0.2) is 8.96 Å². The summed E-state index contributed by atoms with van der Waals surface area (Å²) in [6.07, 6.45) is 2.80. The maximum absolute atomic E-state index is 13.0. The number of hydrogen-bond donors (Lipinski definition) is 3. The number of unbranched alkanes of at least 4 members (excludes halogenated alkanes) is 1. The van der Waals surface area contributed by atoms with Gasteiger partial charge in [-0.2, -0.15) is 0 Å². The minimum absolute atomic E-state index is 0.0694. The first-order valence-corrected chi connectivity index (χ1v) is 6.18. The molecule has 0 saturated carbocycles. The first-order valence-electron chi connectivity index (χ1n) is 4.65. The fraction of sp³-hybridized carbons (Fsp3) is 0.750. The number of hydrogen-bond acceptors (Lipinski definition) is 3. The van der Waals surface area contributed by atoms with Gasteiger partial charge in [0.05, 0.1) is 12.4 Å². The predicted molar refractivity (Wildman–Crippen MR) is 54.7 cm³/mol. The normalized spacial score (nSPS) is 15.4. The van der Waals surface area contributed by atoms with E-state index in [1.165, 1.54) is 6.08 Å². The lowest BCUT2D eigenvalue weighted by Crippen LogP contribution is -2.25. The van der Waals surface area contributed by atoms with Gasteiger partial charge in [-0.1, -0.05) is 19.4 Å². The van der Waals surface area contributed by atoms with Gasteiger partial charge < -0.3 is 15.5 Å². The molecule has 0 fully saturated rings. The van der Waals surface area contributed by atoms with Crippen LogP contribution in [0.1, 0.15) is 26.2 Å². The van der Waals surface area contributed by atoms with E-state index in [0.717, 1.165) is 6.42 Å². The largest absolute Gasteiger partial charge is 0.469 e. The molecule has 0 radical (unpaired) electrons. The Labute approximate surface area is 88.4 Å². The van der Waals surface area contributed by atoms with Crippen molar-refractivity contribution in [2.24, 2.45) is 5.73 Å². The molecule has 4 N–H and O–H groups in total. The smallest absolute Gasteiger partial charge is 0.325 e. The second-order valence-corrected chi connectivity index (χ2v) is 4.43. The van der Waals surface area contributed by atoms with Gasteiger partial charge in [0.25, 0.3) is 0 Å². The molecule has 1 atom stereocenters. The number of nitrogens with two attached hydrogens (primary N) is 1. The van der Waals surface area contributed by atoms with Crippen molar-refractivity contribution in [1.82, 2.24) is 0 Å². The lowest BCUT2D eigenvalue weighted by Gasteiger charge is -2.11. The summed E-state index contributed by atoms with van der Waals surface area (Å²) in [5.41, 5.74) is 5.40. The Bertz CT molecular complexity index is 253. The monoisotopic (exact) mass is 241 g/mol. The van der Waals surface area contributed by atoms with Crippen molar-refractivity contribution in [3.8, 4) is 0 Å². The molecule has 0 heterocycles. The Hall–Kier alpha value is -0.260. The van der Waals surface area contributed by atoms with E-state index in [1.54, 1.807) is 0 Å². The lowest BCUT2D eigenvalue weighted by atomic mass is 10.2. The summed E-state index contributed by atoms with van der Waals surface area (Å²) >= 11 is 0. The predicted octanol–water partition coefficient (Wildman–Crippen LogP) is 1.47. The highest BCUT2D eigenvalue weighted by molar-refractivity contribution is 7.46. The molecule has 7 heteroatoms. The van der Waals surface area contributed by atoms with Gasteiger partial charge >= 0.3 is 7.82 Å². The van der Waals surface area contributed by atoms with Crippen molar-refractivity contribution in [3.05, 3.63) is 11.9 Å². The molecule has 15 heavy (non-hydrogen) atoms. The van der Waals surface area contributed by atoms with Crippen LogP contribution in [0.2, 0.25) is 0 Å². The van der Waals surface area contributed by atoms with Crippen LogP contribution in [0.15, 0.2) is 11.9 Å². The van der Waals surface area contributed by atoms with Gasteiger partial charge in [0.1, 0.15) is 0 Å². The van der Waals surface area contributed by atoms with E-state index in [0.29, 0.717) is 6.42 Å². The van der Waals surface area contributed by atoms with Gasteiger partial charge in [0.15, 0.2) is 0 Å². The summed E-state index contributed by atoms with van der Waals surface area (Å²) in [5, 5.41) is 0. The zero-order valence-corrected chi connectivity index (χ0v) is 9.49. The molecule has 0 aromatic heterocycles. The highest BCUT2D eigenvalue weighted by Crippen LogP contribution is 2.35. The molecule has 0 bridgehead atoms. The zero-order valence-electron chi connectivity index (χ0n) is 8.60. The molecule has 90 valence electrons. The standard InChI is InChI=1S/C8H17FNO4P/c1-2-3-4-7(9)5-8(10)6-14-15(11,12)13/h4,8H,2-3,5-6,10H2,1H3,(H2,11,12,13)/b7-4-. The molecule has 0 aromatic rings. The average Bonchev–Trinajstić information content (AvgIpc) is 2.10. The SMILES string of the molecule is CCC/C=C(\F)CC(N)COP(=O)(O)O. The topological polar surface area (TPSA) is 92.8 Å². The average molecular weight is 241 g/mol. The van der Waals surface area contributed by atoms with Crippen molar-refractivity contribution in [1.29, 1.82) is 0 Å².